The molecule has 1 aromatic heterocycles. The Balaban J connectivity index is 2.38. The highest BCUT2D eigenvalue weighted by Gasteiger charge is 2.31. The molecule has 0 aliphatic carbocycles. The second-order valence-electron chi connectivity index (χ2n) is 6.98. The molecule has 0 atom stereocenters. The van der Waals surface area contributed by atoms with E-state index >= 15 is 0 Å². The number of alkyl halides is 3. The number of hydrogen-bond acceptors (Lipinski definition) is 3. The molecule has 152 valence electrons. The first-order valence-corrected chi connectivity index (χ1v) is 8.77. The first-order chi connectivity index (χ1) is 12.9. The summed E-state index contributed by atoms with van der Waals surface area (Å²) in [6.45, 7) is 6.61. The van der Waals surface area contributed by atoms with E-state index in [0.717, 1.165) is 12.1 Å². The quantitative estimate of drug-likeness (QED) is 0.716. The number of halogens is 3. The van der Waals surface area contributed by atoms with Gasteiger partial charge in [-0.2, -0.15) is 13.2 Å². The van der Waals surface area contributed by atoms with Crippen LogP contribution in [0.2, 0.25) is 0 Å². The van der Waals surface area contributed by atoms with Gasteiger partial charge in [0.05, 0.1) is 18.7 Å². The molecule has 0 aliphatic heterocycles. The van der Waals surface area contributed by atoms with Gasteiger partial charge in [-0.1, -0.05) is 6.07 Å². The molecule has 0 unspecified atom stereocenters. The Morgan fingerprint density at radius 3 is 2.32 bits per heavy atom. The average Bonchev–Trinajstić information content (AvgIpc) is 2.87. The van der Waals surface area contributed by atoms with Gasteiger partial charge in [-0.05, 0) is 52.0 Å². The number of aromatic nitrogens is 1. The van der Waals surface area contributed by atoms with Crippen LogP contribution in [-0.4, -0.2) is 45.5 Å². The minimum atomic E-state index is -4.46. The summed E-state index contributed by atoms with van der Waals surface area (Å²) in [7, 11) is 0. The number of Topliss-reactive ketones (excluding diaryl/α,β-unsaturated/α-hetero) is 1. The predicted molar refractivity (Wildman–Crippen MR) is 98.9 cm³/mol. The number of carbonyl (C=O) groups excluding carboxylic acids is 1. The second-order valence-corrected chi connectivity index (χ2v) is 6.98. The van der Waals surface area contributed by atoms with E-state index in [1.807, 2.05) is 0 Å². The Kier molecular flexibility index (Phi) is 6.34. The van der Waals surface area contributed by atoms with Crippen LogP contribution in [0.25, 0.3) is 5.69 Å². The number of carbonyl (C=O) groups is 2. The number of carboxylic acid groups (broad SMARTS) is 1. The molecule has 5 nitrogen and oxygen atoms in total. The first kappa shape index (κ1) is 21.7. The largest absolute Gasteiger partial charge is 0.480 e. The minimum Gasteiger partial charge on any atom is -0.480 e. The van der Waals surface area contributed by atoms with Gasteiger partial charge < -0.3 is 9.67 Å². The third-order valence-corrected chi connectivity index (χ3v) is 4.58. The van der Waals surface area contributed by atoms with Crippen molar-refractivity contribution in [2.45, 2.75) is 39.9 Å². The molecule has 0 spiro atoms. The summed E-state index contributed by atoms with van der Waals surface area (Å²) in [6.07, 6.45) is -4.46. The van der Waals surface area contributed by atoms with Crippen molar-refractivity contribution in [1.29, 1.82) is 0 Å². The average molecular weight is 396 g/mol. The highest BCUT2D eigenvalue weighted by atomic mass is 19.4. The topological polar surface area (TPSA) is 62.5 Å². The van der Waals surface area contributed by atoms with Crippen LogP contribution in [0.3, 0.4) is 0 Å². The van der Waals surface area contributed by atoms with E-state index in [0.29, 0.717) is 22.6 Å². The molecule has 0 saturated heterocycles. The second kappa shape index (κ2) is 8.18. The fourth-order valence-corrected chi connectivity index (χ4v) is 3.13. The highest BCUT2D eigenvalue weighted by Crippen LogP contribution is 2.31. The van der Waals surface area contributed by atoms with Crippen LogP contribution < -0.4 is 0 Å². The third-order valence-electron chi connectivity index (χ3n) is 4.58. The molecule has 28 heavy (non-hydrogen) atoms. The predicted octanol–water partition coefficient (Wildman–Crippen LogP) is 4.09. The summed E-state index contributed by atoms with van der Waals surface area (Å²) in [5.74, 6) is -1.31. The van der Waals surface area contributed by atoms with Crippen molar-refractivity contribution < 1.29 is 27.9 Å². The Bertz CT molecular complexity index is 885. The Morgan fingerprint density at radius 1 is 1.14 bits per heavy atom. The zero-order valence-corrected chi connectivity index (χ0v) is 16.2. The van der Waals surface area contributed by atoms with Gasteiger partial charge in [0.2, 0.25) is 0 Å². The van der Waals surface area contributed by atoms with Crippen LogP contribution in [-0.2, 0) is 11.0 Å². The standard InChI is InChI=1S/C20H23F3N2O3/c1-12(2)24(11-19(27)28)10-18(26)17-8-13(3)25(14(17)4)16-7-5-6-15(9-16)20(21,22)23/h5-9,12H,10-11H2,1-4H3,(H,27,28). The number of rotatable bonds is 7. The third kappa shape index (κ3) is 4.81. The van der Waals surface area contributed by atoms with E-state index in [4.69, 9.17) is 5.11 Å². The lowest BCUT2D eigenvalue weighted by molar-refractivity contribution is -0.139. The molecular weight excluding hydrogens is 373 g/mol. The van der Waals surface area contributed by atoms with Crippen molar-refractivity contribution in [3.05, 3.63) is 52.8 Å². The summed E-state index contributed by atoms with van der Waals surface area (Å²) in [5.41, 5.74) is 1.05. The normalized spacial score (nSPS) is 12.0. The van der Waals surface area contributed by atoms with Gasteiger partial charge in [0.15, 0.2) is 5.78 Å². The van der Waals surface area contributed by atoms with E-state index < -0.39 is 17.7 Å². The monoisotopic (exact) mass is 396 g/mol. The Labute approximate surface area is 161 Å². The van der Waals surface area contributed by atoms with Crippen molar-refractivity contribution in [1.82, 2.24) is 9.47 Å². The smallest absolute Gasteiger partial charge is 0.416 e. The van der Waals surface area contributed by atoms with Crippen molar-refractivity contribution in [2.75, 3.05) is 13.1 Å². The molecular formula is C20H23F3N2O3. The summed E-state index contributed by atoms with van der Waals surface area (Å²) in [5, 5.41) is 9.01. The van der Waals surface area contributed by atoms with Gasteiger partial charge in [0.25, 0.3) is 0 Å². The van der Waals surface area contributed by atoms with Gasteiger partial charge in [0, 0.05) is 28.7 Å². The van der Waals surface area contributed by atoms with Gasteiger partial charge in [0.1, 0.15) is 0 Å². The molecule has 2 aromatic rings. The van der Waals surface area contributed by atoms with Crippen molar-refractivity contribution in [2.24, 2.45) is 0 Å². The number of nitrogens with zero attached hydrogens (tertiary/aromatic N) is 2. The molecule has 0 fully saturated rings. The Morgan fingerprint density at radius 2 is 1.79 bits per heavy atom. The van der Waals surface area contributed by atoms with Crippen LogP contribution in [0, 0.1) is 13.8 Å². The molecule has 2 rings (SSSR count). The van der Waals surface area contributed by atoms with E-state index in [-0.39, 0.29) is 24.9 Å². The zero-order chi connectivity index (χ0) is 21.2. The van der Waals surface area contributed by atoms with Crippen LogP contribution in [0.5, 0.6) is 0 Å². The maximum Gasteiger partial charge on any atom is 0.416 e. The fraction of sp³-hybridized carbons (Fsp3) is 0.400. The minimum absolute atomic E-state index is 0.0865. The number of aliphatic carboxylic acids is 1. The first-order valence-electron chi connectivity index (χ1n) is 8.77. The van der Waals surface area contributed by atoms with Crippen molar-refractivity contribution in [3.63, 3.8) is 0 Å². The number of aryl methyl sites for hydroxylation is 1. The van der Waals surface area contributed by atoms with Gasteiger partial charge in [-0.3, -0.25) is 14.5 Å². The summed E-state index contributed by atoms with van der Waals surface area (Å²) in [4.78, 5) is 25.3. The zero-order valence-electron chi connectivity index (χ0n) is 16.2. The van der Waals surface area contributed by atoms with E-state index in [9.17, 15) is 22.8 Å². The van der Waals surface area contributed by atoms with E-state index in [1.165, 1.54) is 11.0 Å². The van der Waals surface area contributed by atoms with E-state index in [2.05, 4.69) is 0 Å². The maximum absolute atomic E-state index is 13.0. The van der Waals surface area contributed by atoms with Crippen molar-refractivity contribution >= 4 is 11.8 Å². The molecule has 0 aliphatic rings. The molecule has 0 radical (unpaired) electrons. The molecule has 1 aromatic carbocycles. The summed E-state index contributed by atoms with van der Waals surface area (Å²) < 4.78 is 40.7. The summed E-state index contributed by atoms with van der Waals surface area (Å²) >= 11 is 0. The molecule has 0 bridgehead atoms. The number of benzene rings is 1. The number of ketones is 1. The lowest BCUT2D eigenvalue weighted by Gasteiger charge is -2.23. The lowest BCUT2D eigenvalue weighted by atomic mass is 10.1. The van der Waals surface area contributed by atoms with Crippen molar-refractivity contribution in [3.8, 4) is 5.69 Å². The Hall–Kier alpha value is -2.61. The maximum atomic E-state index is 13.0. The number of hydrogen-bond donors (Lipinski definition) is 1. The van der Waals surface area contributed by atoms with Gasteiger partial charge >= 0.3 is 12.1 Å². The fourth-order valence-electron chi connectivity index (χ4n) is 3.13. The van der Waals surface area contributed by atoms with Gasteiger partial charge in [-0.15, -0.1) is 0 Å². The molecule has 0 amide bonds. The molecule has 8 heteroatoms. The number of carboxylic acids is 1. The molecule has 1 heterocycles. The van der Waals surface area contributed by atoms with Gasteiger partial charge in [-0.25, -0.2) is 0 Å². The van der Waals surface area contributed by atoms with E-state index in [1.54, 1.807) is 44.4 Å². The SMILES string of the molecule is Cc1cc(C(=O)CN(CC(=O)O)C(C)C)c(C)n1-c1cccc(C(F)(F)F)c1. The van der Waals surface area contributed by atoms with Crippen LogP contribution in [0.4, 0.5) is 13.2 Å². The lowest BCUT2D eigenvalue weighted by Crippen LogP contribution is -2.39. The van der Waals surface area contributed by atoms with Crippen LogP contribution in [0.1, 0.15) is 41.2 Å². The summed E-state index contributed by atoms with van der Waals surface area (Å²) in [6, 6.07) is 6.39. The van der Waals surface area contributed by atoms with Crippen LogP contribution >= 0.6 is 0 Å². The van der Waals surface area contributed by atoms with Crippen LogP contribution in [0.15, 0.2) is 30.3 Å². The highest BCUT2D eigenvalue weighted by molar-refractivity contribution is 5.99. The molecule has 0 saturated carbocycles. The molecule has 1 N–H and O–H groups in total.